The number of pyridine rings is 1. The van der Waals surface area contributed by atoms with Crippen molar-refractivity contribution >= 4 is 78.5 Å². The summed E-state index contributed by atoms with van der Waals surface area (Å²) in [6.07, 6.45) is -3.34. The number of phenols is 2. The summed E-state index contributed by atoms with van der Waals surface area (Å²) in [5.41, 5.74) is -0.803. The molecule has 0 aliphatic carbocycles. The number of aryl methyl sites for hydroxylation is 1. The number of hydrogen-bond acceptors (Lipinski definition) is 10. The van der Waals surface area contributed by atoms with Gasteiger partial charge in [0.1, 0.15) is 22.9 Å². The second-order valence-electron chi connectivity index (χ2n) is 10.8. The van der Waals surface area contributed by atoms with Crippen molar-refractivity contribution in [2.75, 3.05) is 7.11 Å². The number of fused-ring (bicyclic) bond motifs is 4. The first-order valence-electron chi connectivity index (χ1n) is 14.9. The molecule has 0 bridgehead atoms. The molecule has 0 amide bonds. The number of azo groups is 2. The van der Waals surface area contributed by atoms with E-state index < -0.39 is 23.4 Å². The first-order valence-corrected chi connectivity index (χ1v) is 15.7. The first kappa shape index (κ1) is 37.9. The molecule has 0 spiro atoms. The van der Waals surface area contributed by atoms with Crippen LogP contribution in [0.4, 0.5) is 36.2 Å². The fourth-order valence-corrected chi connectivity index (χ4v) is 5.65. The van der Waals surface area contributed by atoms with Gasteiger partial charge in [0.25, 0.3) is 0 Å². The van der Waals surface area contributed by atoms with E-state index in [2.05, 4.69) is 35.4 Å². The second-order valence-corrected chi connectivity index (χ2v) is 11.6. The molecule has 0 aliphatic heterocycles. The maximum absolute atomic E-state index is 13.4. The van der Waals surface area contributed by atoms with Gasteiger partial charge in [-0.1, -0.05) is 102 Å². The van der Waals surface area contributed by atoms with Gasteiger partial charge >= 0.3 is 6.18 Å². The molecule has 0 atom stereocenters. The molecule has 7 aromatic rings. The van der Waals surface area contributed by atoms with Gasteiger partial charge in [0.2, 0.25) is 5.88 Å². The van der Waals surface area contributed by atoms with Crippen molar-refractivity contribution in [1.29, 1.82) is 0 Å². The number of aromatic hydroxyl groups is 2. The van der Waals surface area contributed by atoms with Crippen LogP contribution in [0.5, 0.6) is 17.4 Å². The molecule has 0 unspecified atom stereocenters. The van der Waals surface area contributed by atoms with Gasteiger partial charge in [-0.05, 0) is 35.2 Å². The van der Waals surface area contributed by atoms with E-state index in [0.29, 0.717) is 26.5 Å². The van der Waals surface area contributed by atoms with E-state index in [4.69, 9.17) is 27.9 Å². The van der Waals surface area contributed by atoms with Crippen molar-refractivity contribution < 1.29 is 47.6 Å². The van der Waals surface area contributed by atoms with E-state index in [1.54, 1.807) is 36.4 Å². The van der Waals surface area contributed by atoms with Crippen LogP contribution in [-0.4, -0.2) is 32.3 Å². The van der Waals surface area contributed by atoms with E-state index in [1.807, 2.05) is 48.5 Å². The third kappa shape index (κ3) is 7.94. The van der Waals surface area contributed by atoms with Gasteiger partial charge in [-0.3, -0.25) is 0 Å². The number of ether oxygens (including phenoxy) is 1. The number of halogens is 5. The molecule has 0 fully saturated rings. The summed E-state index contributed by atoms with van der Waals surface area (Å²) >= 11 is 11.9. The molecule has 16 heteroatoms. The molecular formula is C36H24Cl2F3N7O3Zn. The van der Waals surface area contributed by atoms with Gasteiger partial charge in [0, 0.05) is 41.8 Å². The Hall–Kier alpha value is -5.30. The maximum atomic E-state index is 13.4. The standard InChI is InChI=1S/C19H11Cl2N3O.C17H13F3N4O2.Zn/c20-11-9-16(21)19(22-10-11)24-23-17-14-7-3-1-5-12(14)13-6-2-4-8-15(13)18(17)25;1-9-21-15(13(17(18,19)20)16(22-9)26-2)24-23-14-11-6-4-3-5-10(11)7-8-12(14)25;/h1-10,25H;3-8,25H,1-2H3;. The number of rotatable bonds is 5. The summed E-state index contributed by atoms with van der Waals surface area (Å²) in [4.78, 5) is 11.4. The Morgan fingerprint density at radius 3 is 1.92 bits per heavy atom. The Kier molecular flexibility index (Phi) is 11.6. The van der Waals surface area contributed by atoms with E-state index in [-0.39, 0.29) is 48.3 Å². The van der Waals surface area contributed by atoms with Crippen LogP contribution in [0, 0.1) is 6.92 Å². The topological polar surface area (TPSA) is 138 Å². The summed E-state index contributed by atoms with van der Waals surface area (Å²) in [5.74, 6) is -1.18. The van der Waals surface area contributed by atoms with Crippen molar-refractivity contribution in [3.63, 3.8) is 0 Å². The number of methoxy groups -OCH3 is 1. The molecule has 0 radical (unpaired) electrons. The Balaban J connectivity index is 0.000000197. The summed E-state index contributed by atoms with van der Waals surface area (Å²) in [6, 6.07) is 26.9. The average Bonchev–Trinajstić information content (AvgIpc) is 3.11. The third-order valence-electron chi connectivity index (χ3n) is 7.48. The minimum Gasteiger partial charge on any atom is -0.506 e. The number of phenolic OH excluding ortho intramolecular Hbond substituents is 2. The fourth-order valence-electron chi connectivity index (χ4n) is 5.23. The van der Waals surface area contributed by atoms with Gasteiger partial charge in [-0.25, -0.2) is 9.97 Å². The minimum atomic E-state index is -4.78. The molecule has 2 N–H and O–H groups in total. The summed E-state index contributed by atoms with van der Waals surface area (Å²) < 4.78 is 44.8. The predicted octanol–water partition coefficient (Wildman–Crippen LogP) is 11.9. The molecule has 10 nitrogen and oxygen atoms in total. The summed E-state index contributed by atoms with van der Waals surface area (Å²) in [5, 5.41) is 42.0. The van der Waals surface area contributed by atoms with Crippen molar-refractivity contribution in [2.45, 2.75) is 13.1 Å². The van der Waals surface area contributed by atoms with Crippen LogP contribution < -0.4 is 4.74 Å². The van der Waals surface area contributed by atoms with Crippen molar-refractivity contribution in [3.05, 3.63) is 119 Å². The zero-order valence-electron chi connectivity index (χ0n) is 27.3. The molecule has 0 saturated carbocycles. The Morgan fingerprint density at radius 1 is 0.692 bits per heavy atom. The molecule has 52 heavy (non-hydrogen) atoms. The zero-order valence-corrected chi connectivity index (χ0v) is 31.7. The SMILES string of the molecule is COc1nc(C)nc(N=Nc2c(O)ccc3ccccc23)c1C(F)(F)F.Oc1c(N=Nc2ncc(Cl)cc2Cl)c2ccccc2c2ccccc12.[Zn]. The fraction of sp³-hybridized carbons (Fsp3) is 0.0833. The molecule has 0 saturated heterocycles. The number of alkyl halides is 3. The zero-order chi connectivity index (χ0) is 36.3. The van der Waals surface area contributed by atoms with Gasteiger partial charge < -0.3 is 14.9 Å². The molecule has 2 heterocycles. The molecule has 7 rings (SSSR count). The minimum absolute atomic E-state index is 0. The van der Waals surface area contributed by atoms with Crippen molar-refractivity contribution in [3.8, 4) is 17.4 Å². The maximum Gasteiger partial charge on any atom is 0.425 e. The molecule has 2 aromatic heterocycles. The van der Waals surface area contributed by atoms with Crippen molar-refractivity contribution in [2.24, 2.45) is 20.5 Å². The Morgan fingerprint density at radius 2 is 1.27 bits per heavy atom. The molecule has 5 aromatic carbocycles. The van der Waals surface area contributed by atoms with Crippen LogP contribution in [0.25, 0.3) is 32.3 Å². The van der Waals surface area contributed by atoms with Gasteiger partial charge in [-0.2, -0.15) is 18.2 Å². The van der Waals surface area contributed by atoms with Crippen LogP contribution in [0.3, 0.4) is 0 Å². The monoisotopic (exact) mass is 793 g/mol. The van der Waals surface area contributed by atoms with Crippen LogP contribution in [0.2, 0.25) is 10.0 Å². The van der Waals surface area contributed by atoms with E-state index in [9.17, 15) is 23.4 Å². The largest absolute Gasteiger partial charge is 0.506 e. The van der Waals surface area contributed by atoms with Crippen LogP contribution in [-0.2, 0) is 25.7 Å². The number of aromatic nitrogens is 3. The summed E-state index contributed by atoms with van der Waals surface area (Å²) in [7, 11) is 1.08. The van der Waals surface area contributed by atoms with E-state index >= 15 is 0 Å². The quantitative estimate of drug-likeness (QED) is 0.101. The van der Waals surface area contributed by atoms with Gasteiger partial charge in [0.05, 0.1) is 17.2 Å². The number of benzene rings is 5. The van der Waals surface area contributed by atoms with Crippen LogP contribution >= 0.6 is 23.2 Å². The summed E-state index contributed by atoms with van der Waals surface area (Å²) in [6.45, 7) is 1.41. The van der Waals surface area contributed by atoms with Gasteiger partial charge in [0.15, 0.2) is 22.9 Å². The van der Waals surface area contributed by atoms with Gasteiger partial charge in [-0.15, -0.1) is 20.5 Å². The predicted molar refractivity (Wildman–Crippen MR) is 190 cm³/mol. The Labute approximate surface area is 316 Å². The molecule has 0 aliphatic rings. The Bertz CT molecular complexity index is 2500. The van der Waals surface area contributed by atoms with Crippen molar-refractivity contribution in [1.82, 2.24) is 15.0 Å². The molecule has 258 valence electrons. The van der Waals surface area contributed by atoms with E-state index in [0.717, 1.165) is 28.7 Å². The average molecular weight is 796 g/mol. The van der Waals surface area contributed by atoms with E-state index in [1.165, 1.54) is 19.2 Å². The van der Waals surface area contributed by atoms with Crippen LogP contribution in [0.15, 0.2) is 118 Å². The normalized spacial score (nSPS) is 11.6. The van der Waals surface area contributed by atoms with Crippen LogP contribution in [0.1, 0.15) is 11.4 Å². The first-order chi connectivity index (χ1) is 24.5. The molecular weight excluding hydrogens is 772 g/mol. The second kappa shape index (κ2) is 15.9. The number of hydrogen-bond donors (Lipinski definition) is 2. The third-order valence-corrected chi connectivity index (χ3v) is 7.97. The number of nitrogens with zero attached hydrogens (tertiary/aromatic N) is 7. The smallest absolute Gasteiger partial charge is 0.425 e.